The first-order valence-electron chi connectivity index (χ1n) is 5.97. The van der Waals surface area contributed by atoms with E-state index in [1.807, 2.05) is 49.4 Å². The van der Waals surface area contributed by atoms with Crippen LogP contribution in [0.4, 0.5) is 0 Å². The fourth-order valence-electron chi connectivity index (χ4n) is 2.39. The normalized spacial score (nSPS) is 13.8. The Bertz CT molecular complexity index is 483. The van der Waals surface area contributed by atoms with E-state index in [9.17, 15) is 4.79 Å². The monoisotopic (exact) mass is 240 g/mol. The van der Waals surface area contributed by atoms with Crippen LogP contribution in [-0.2, 0) is 10.2 Å². The van der Waals surface area contributed by atoms with Gasteiger partial charge in [-0.2, -0.15) is 0 Å². The molecule has 2 aromatic rings. The van der Waals surface area contributed by atoms with Crippen LogP contribution in [0.3, 0.4) is 0 Å². The highest BCUT2D eigenvalue weighted by molar-refractivity contribution is 5.90. The molecule has 1 atom stereocenters. The first kappa shape index (κ1) is 12.3. The first-order chi connectivity index (χ1) is 8.71. The van der Waals surface area contributed by atoms with Gasteiger partial charge in [-0.25, -0.2) is 0 Å². The van der Waals surface area contributed by atoms with Crippen molar-refractivity contribution in [2.45, 2.75) is 18.8 Å². The standard InChI is InChI=1S/C15H16N2O/c1-2-15(14(16)18,12-6-4-3-5-7-12)13-8-10-17-11-9-13/h3-11H,2H2,1H3,(H2,16,18). The highest BCUT2D eigenvalue weighted by atomic mass is 16.1. The van der Waals surface area contributed by atoms with Crippen molar-refractivity contribution in [1.82, 2.24) is 4.98 Å². The topological polar surface area (TPSA) is 56.0 Å². The fraction of sp³-hybridized carbons (Fsp3) is 0.200. The Kier molecular flexibility index (Phi) is 3.42. The van der Waals surface area contributed by atoms with Crippen molar-refractivity contribution in [2.75, 3.05) is 0 Å². The smallest absolute Gasteiger partial charge is 0.232 e. The predicted molar refractivity (Wildman–Crippen MR) is 70.9 cm³/mol. The maximum absolute atomic E-state index is 12.1. The fourth-order valence-corrected chi connectivity index (χ4v) is 2.39. The van der Waals surface area contributed by atoms with E-state index < -0.39 is 5.41 Å². The quantitative estimate of drug-likeness (QED) is 0.891. The molecule has 2 rings (SSSR count). The number of primary amides is 1. The van der Waals surface area contributed by atoms with Gasteiger partial charge in [-0.15, -0.1) is 0 Å². The minimum absolute atomic E-state index is 0.331. The highest BCUT2D eigenvalue weighted by Crippen LogP contribution is 2.34. The van der Waals surface area contributed by atoms with Crippen LogP contribution in [-0.4, -0.2) is 10.9 Å². The summed E-state index contributed by atoms with van der Waals surface area (Å²) in [6, 6.07) is 13.3. The van der Waals surface area contributed by atoms with Gasteiger partial charge in [-0.3, -0.25) is 9.78 Å². The summed E-state index contributed by atoms with van der Waals surface area (Å²) in [5.74, 6) is -0.331. The van der Waals surface area contributed by atoms with Crippen molar-refractivity contribution < 1.29 is 4.79 Å². The van der Waals surface area contributed by atoms with E-state index in [1.54, 1.807) is 12.4 Å². The summed E-state index contributed by atoms with van der Waals surface area (Å²) in [4.78, 5) is 16.0. The predicted octanol–water partition coefficient (Wildman–Crippen LogP) is 2.26. The second-order valence-corrected chi connectivity index (χ2v) is 4.23. The molecule has 0 fully saturated rings. The molecule has 92 valence electrons. The molecule has 3 heteroatoms. The van der Waals surface area contributed by atoms with Crippen molar-refractivity contribution in [2.24, 2.45) is 5.73 Å². The summed E-state index contributed by atoms with van der Waals surface area (Å²) in [6.07, 6.45) is 3.99. The Morgan fingerprint density at radius 2 is 1.67 bits per heavy atom. The Balaban J connectivity index is 2.65. The number of carbonyl (C=O) groups excluding carboxylic acids is 1. The molecular formula is C15H16N2O. The van der Waals surface area contributed by atoms with E-state index in [-0.39, 0.29) is 5.91 Å². The van der Waals surface area contributed by atoms with E-state index in [0.717, 1.165) is 11.1 Å². The molecule has 0 saturated carbocycles. The van der Waals surface area contributed by atoms with Gasteiger partial charge in [0.25, 0.3) is 0 Å². The van der Waals surface area contributed by atoms with Crippen LogP contribution in [0.1, 0.15) is 24.5 Å². The van der Waals surface area contributed by atoms with E-state index in [4.69, 9.17) is 5.73 Å². The second-order valence-electron chi connectivity index (χ2n) is 4.23. The number of pyridine rings is 1. The maximum Gasteiger partial charge on any atom is 0.232 e. The summed E-state index contributed by atoms with van der Waals surface area (Å²) in [7, 11) is 0. The second kappa shape index (κ2) is 5.00. The Morgan fingerprint density at radius 1 is 1.11 bits per heavy atom. The molecule has 0 saturated heterocycles. The lowest BCUT2D eigenvalue weighted by Gasteiger charge is -2.30. The molecule has 2 N–H and O–H groups in total. The van der Waals surface area contributed by atoms with E-state index >= 15 is 0 Å². The number of aromatic nitrogens is 1. The Labute approximate surface area is 107 Å². The van der Waals surface area contributed by atoms with E-state index in [1.165, 1.54) is 0 Å². The largest absolute Gasteiger partial charge is 0.369 e. The third-order valence-electron chi connectivity index (χ3n) is 3.39. The zero-order chi connectivity index (χ0) is 13.0. The van der Waals surface area contributed by atoms with Gasteiger partial charge in [-0.1, -0.05) is 37.3 Å². The summed E-state index contributed by atoms with van der Waals surface area (Å²) in [5.41, 5.74) is 6.72. The molecule has 3 nitrogen and oxygen atoms in total. The molecular weight excluding hydrogens is 224 g/mol. The van der Waals surface area contributed by atoms with Crippen molar-refractivity contribution in [1.29, 1.82) is 0 Å². The number of carbonyl (C=O) groups is 1. The summed E-state index contributed by atoms with van der Waals surface area (Å²) in [6.45, 7) is 1.97. The molecule has 0 bridgehead atoms. The number of rotatable bonds is 4. The Morgan fingerprint density at radius 3 is 2.17 bits per heavy atom. The third-order valence-corrected chi connectivity index (χ3v) is 3.39. The maximum atomic E-state index is 12.1. The average Bonchev–Trinajstić information content (AvgIpc) is 2.42. The zero-order valence-electron chi connectivity index (χ0n) is 10.3. The van der Waals surface area contributed by atoms with Gasteiger partial charge in [0.1, 0.15) is 0 Å². The molecule has 1 amide bonds. The lowest BCUT2D eigenvalue weighted by atomic mass is 9.72. The molecule has 0 radical (unpaired) electrons. The van der Waals surface area contributed by atoms with Crippen molar-refractivity contribution in [3.05, 3.63) is 66.0 Å². The zero-order valence-corrected chi connectivity index (χ0v) is 10.3. The molecule has 0 spiro atoms. The first-order valence-corrected chi connectivity index (χ1v) is 5.97. The number of nitrogens with zero attached hydrogens (tertiary/aromatic N) is 1. The van der Waals surface area contributed by atoms with Crippen LogP contribution >= 0.6 is 0 Å². The summed E-state index contributed by atoms with van der Waals surface area (Å²) < 4.78 is 0. The van der Waals surface area contributed by atoms with Gasteiger partial charge in [0.15, 0.2) is 0 Å². The lowest BCUT2D eigenvalue weighted by Crippen LogP contribution is -2.41. The van der Waals surface area contributed by atoms with Gasteiger partial charge < -0.3 is 5.73 Å². The average molecular weight is 240 g/mol. The summed E-state index contributed by atoms with van der Waals surface area (Å²) in [5, 5.41) is 0. The molecule has 1 unspecified atom stereocenters. The van der Waals surface area contributed by atoms with Gasteiger partial charge in [0.2, 0.25) is 5.91 Å². The highest BCUT2D eigenvalue weighted by Gasteiger charge is 2.38. The minimum Gasteiger partial charge on any atom is -0.369 e. The molecule has 0 aliphatic carbocycles. The number of benzene rings is 1. The lowest BCUT2D eigenvalue weighted by molar-refractivity contribution is -0.122. The molecule has 1 heterocycles. The number of nitrogens with two attached hydrogens (primary N) is 1. The van der Waals surface area contributed by atoms with Gasteiger partial charge >= 0.3 is 0 Å². The van der Waals surface area contributed by atoms with Crippen molar-refractivity contribution in [3.63, 3.8) is 0 Å². The van der Waals surface area contributed by atoms with E-state index in [2.05, 4.69) is 4.98 Å². The van der Waals surface area contributed by atoms with Crippen LogP contribution < -0.4 is 5.73 Å². The van der Waals surface area contributed by atoms with Gasteiger partial charge in [0.05, 0.1) is 5.41 Å². The van der Waals surface area contributed by atoms with Crippen LogP contribution in [0.5, 0.6) is 0 Å². The Hall–Kier alpha value is -2.16. The molecule has 1 aromatic heterocycles. The van der Waals surface area contributed by atoms with Gasteiger partial charge in [0, 0.05) is 12.4 Å². The van der Waals surface area contributed by atoms with Crippen LogP contribution in [0, 0.1) is 0 Å². The minimum atomic E-state index is -0.774. The number of hydrogen-bond donors (Lipinski definition) is 1. The van der Waals surface area contributed by atoms with Crippen molar-refractivity contribution >= 4 is 5.91 Å². The molecule has 0 aliphatic heterocycles. The molecule has 18 heavy (non-hydrogen) atoms. The summed E-state index contributed by atoms with van der Waals surface area (Å²) >= 11 is 0. The SMILES string of the molecule is CCC(C(N)=O)(c1ccccc1)c1ccncc1. The molecule has 0 aliphatic rings. The molecule has 1 aromatic carbocycles. The van der Waals surface area contributed by atoms with Crippen LogP contribution in [0.15, 0.2) is 54.9 Å². The van der Waals surface area contributed by atoms with Crippen molar-refractivity contribution in [3.8, 4) is 0 Å². The number of hydrogen-bond acceptors (Lipinski definition) is 2. The van der Waals surface area contributed by atoms with Gasteiger partial charge in [-0.05, 0) is 29.7 Å². The van der Waals surface area contributed by atoms with E-state index in [0.29, 0.717) is 6.42 Å². The van der Waals surface area contributed by atoms with Crippen LogP contribution in [0.25, 0.3) is 0 Å². The number of amides is 1. The van der Waals surface area contributed by atoms with Crippen LogP contribution in [0.2, 0.25) is 0 Å². The third kappa shape index (κ3) is 1.88.